The lowest BCUT2D eigenvalue weighted by atomic mass is 10.0. The molecular weight excluding hydrogens is 326 g/mol. The first kappa shape index (κ1) is 17.9. The van der Waals surface area contributed by atoms with Gasteiger partial charge < -0.3 is 10.1 Å². The van der Waals surface area contributed by atoms with Crippen molar-refractivity contribution < 1.29 is 19.1 Å². The van der Waals surface area contributed by atoms with Crippen molar-refractivity contribution in [3.63, 3.8) is 0 Å². The highest BCUT2D eigenvalue weighted by molar-refractivity contribution is 7.14. The van der Waals surface area contributed by atoms with Crippen LogP contribution in [0.3, 0.4) is 0 Å². The summed E-state index contributed by atoms with van der Waals surface area (Å²) in [6.07, 6.45) is 0. The van der Waals surface area contributed by atoms with Crippen LogP contribution in [-0.4, -0.2) is 24.3 Å². The van der Waals surface area contributed by atoms with E-state index in [0.717, 1.165) is 16.0 Å². The Morgan fingerprint density at radius 2 is 1.88 bits per heavy atom. The topological polar surface area (TPSA) is 72.5 Å². The van der Waals surface area contributed by atoms with Gasteiger partial charge in [-0.15, -0.1) is 11.3 Å². The number of ether oxygens (including phenoxy) is 1. The number of rotatable bonds is 6. The third kappa shape index (κ3) is 4.52. The van der Waals surface area contributed by atoms with Crippen LogP contribution in [0.15, 0.2) is 30.3 Å². The van der Waals surface area contributed by atoms with Crippen LogP contribution >= 0.6 is 11.3 Å². The molecule has 1 aromatic heterocycles. The van der Waals surface area contributed by atoms with Crippen LogP contribution in [0.4, 0.5) is 0 Å². The SMILES string of the molecule is CC(=O)NCc1ccc(C(=O)COC(=O)c2cccc(C)c2C)s1. The number of amides is 1. The van der Waals surface area contributed by atoms with Crippen molar-refractivity contribution in [1.29, 1.82) is 0 Å². The number of carbonyl (C=O) groups excluding carboxylic acids is 3. The van der Waals surface area contributed by atoms with Gasteiger partial charge in [-0.3, -0.25) is 9.59 Å². The predicted molar refractivity (Wildman–Crippen MR) is 92.4 cm³/mol. The molecule has 2 aromatic rings. The molecule has 1 amide bonds. The second-order valence-corrected chi connectivity index (χ2v) is 6.59. The smallest absolute Gasteiger partial charge is 0.338 e. The summed E-state index contributed by atoms with van der Waals surface area (Å²) in [6, 6.07) is 8.84. The number of thiophene rings is 1. The summed E-state index contributed by atoms with van der Waals surface area (Å²) in [5.74, 6) is -0.883. The second kappa shape index (κ2) is 7.88. The molecular formula is C18H19NO4S. The minimum atomic E-state index is -0.500. The average Bonchev–Trinajstić information content (AvgIpc) is 3.02. The Bertz CT molecular complexity index is 779. The first-order valence-electron chi connectivity index (χ1n) is 7.48. The molecule has 0 saturated carbocycles. The average molecular weight is 345 g/mol. The third-order valence-corrected chi connectivity index (χ3v) is 4.73. The standard InChI is InChI=1S/C18H19NO4S/c1-11-5-4-6-15(12(11)2)18(22)23-10-16(21)17-8-7-14(24-17)9-19-13(3)20/h4-8H,9-10H2,1-3H3,(H,19,20). The quantitative estimate of drug-likeness (QED) is 0.645. The number of esters is 1. The molecule has 0 saturated heterocycles. The van der Waals surface area contributed by atoms with Crippen molar-refractivity contribution in [2.24, 2.45) is 0 Å². The Morgan fingerprint density at radius 1 is 1.12 bits per heavy atom. The number of benzene rings is 1. The fourth-order valence-corrected chi connectivity index (χ4v) is 2.96. The lowest BCUT2D eigenvalue weighted by Crippen LogP contribution is -2.18. The zero-order valence-electron chi connectivity index (χ0n) is 13.8. The van der Waals surface area contributed by atoms with Gasteiger partial charge in [0.2, 0.25) is 11.7 Å². The molecule has 0 unspecified atom stereocenters. The van der Waals surface area contributed by atoms with E-state index in [0.29, 0.717) is 17.0 Å². The molecule has 126 valence electrons. The first-order chi connectivity index (χ1) is 11.4. The van der Waals surface area contributed by atoms with Crippen LogP contribution < -0.4 is 5.32 Å². The van der Waals surface area contributed by atoms with E-state index in [-0.39, 0.29) is 18.3 Å². The molecule has 5 nitrogen and oxygen atoms in total. The van der Waals surface area contributed by atoms with E-state index in [1.54, 1.807) is 24.3 Å². The molecule has 0 spiro atoms. The lowest BCUT2D eigenvalue weighted by molar-refractivity contribution is -0.119. The van der Waals surface area contributed by atoms with Crippen LogP contribution in [0.2, 0.25) is 0 Å². The lowest BCUT2D eigenvalue weighted by Gasteiger charge is -2.08. The summed E-state index contributed by atoms with van der Waals surface area (Å²) in [4.78, 5) is 36.5. The number of nitrogens with one attached hydrogen (secondary N) is 1. The minimum Gasteiger partial charge on any atom is -0.454 e. The normalized spacial score (nSPS) is 10.3. The predicted octanol–water partition coefficient (Wildman–Crippen LogP) is 3.04. The third-order valence-electron chi connectivity index (χ3n) is 3.61. The van der Waals surface area contributed by atoms with Gasteiger partial charge in [-0.25, -0.2) is 4.79 Å². The Hall–Kier alpha value is -2.47. The highest BCUT2D eigenvalue weighted by Crippen LogP contribution is 2.18. The van der Waals surface area contributed by atoms with Gasteiger partial charge in [-0.2, -0.15) is 0 Å². The van der Waals surface area contributed by atoms with Gasteiger partial charge in [0.05, 0.1) is 17.0 Å². The van der Waals surface area contributed by atoms with E-state index in [1.165, 1.54) is 18.3 Å². The second-order valence-electron chi connectivity index (χ2n) is 5.42. The fraction of sp³-hybridized carbons (Fsp3) is 0.278. The van der Waals surface area contributed by atoms with Crippen LogP contribution in [0.25, 0.3) is 0 Å². The zero-order chi connectivity index (χ0) is 17.7. The molecule has 0 aliphatic carbocycles. The van der Waals surface area contributed by atoms with Gasteiger partial charge in [0.1, 0.15) is 0 Å². The van der Waals surface area contributed by atoms with Crippen molar-refractivity contribution in [2.75, 3.05) is 6.61 Å². The number of carbonyl (C=O) groups is 3. The van der Waals surface area contributed by atoms with Crippen LogP contribution in [-0.2, 0) is 16.1 Å². The van der Waals surface area contributed by atoms with Crippen molar-refractivity contribution in [3.05, 3.63) is 56.8 Å². The Labute approximate surface area is 144 Å². The molecule has 1 aromatic carbocycles. The highest BCUT2D eigenvalue weighted by atomic mass is 32.1. The Balaban J connectivity index is 1.94. The molecule has 1 N–H and O–H groups in total. The zero-order valence-corrected chi connectivity index (χ0v) is 14.7. The van der Waals surface area contributed by atoms with E-state index >= 15 is 0 Å². The van der Waals surface area contributed by atoms with Crippen molar-refractivity contribution in [1.82, 2.24) is 5.32 Å². The van der Waals surface area contributed by atoms with Crippen molar-refractivity contribution in [2.45, 2.75) is 27.3 Å². The van der Waals surface area contributed by atoms with E-state index in [1.807, 2.05) is 19.9 Å². The molecule has 0 fully saturated rings. The number of aryl methyl sites for hydroxylation is 1. The maximum atomic E-state index is 12.1. The van der Waals surface area contributed by atoms with Gasteiger partial charge >= 0.3 is 5.97 Å². The van der Waals surface area contributed by atoms with E-state index in [2.05, 4.69) is 5.32 Å². The summed E-state index contributed by atoms with van der Waals surface area (Å²) in [5, 5.41) is 2.67. The summed E-state index contributed by atoms with van der Waals surface area (Å²) in [6.45, 7) is 5.29. The van der Waals surface area contributed by atoms with E-state index in [4.69, 9.17) is 4.74 Å². The summed E-state index contributed by atoms with van der Waals surface area (Å²) in [5.41, 5.74) is 2.32. The van der Waals surface area contributed by atoms with Crippen LogP contribution in [0, 0.1) is 13.8 Å². The molecule has 2 rings (SSSR count). The Kier molecular flexibility index (Phi) is 5.87. The van der Waals surface area contributed by atoms with E-state index in [9.17, 15) is 14.4 Å². The Morgan fingerprint density at radius 3 is 2.58 bits per heavy atom. The summed E-state index contributed by atoms with van der Waals surface area (Å²) >= 11 is 1.28. The molecule has 24 heavy (non-hydrogen) atoms. The van der Waals surface area contributed by atoms with Gasteiger partial charge in [0, 0.05) is 11.8 Å². The molecule has 0 aliphatic heterocycles. The van der Waals surface area contributed by atoms with Crippen molar-refractivity contribution >= 4 is 29.0 Å². The molecule has 0 bridgehead atoms. The number of hydrogen-bond donors (Lipinski definition) is 1. The molecule has 6 heteroatoms. The van der Waals surface area contributed by atoms with Crippen LogP contribution in [0.1, 0.15) is 43.0 Å². The maximum Gasteiger partial charge on any atom is 0.338 e. The first-order valence-corrected chi connectivity index (χ1v) is 8.30. The van der Waals surface area contributed by atoms with Gasteiger partial charge in [0.25, 0.3) is 0 Å². The van der Waals surface area contributed by atoms with E-state index < -0.39 is 5.97 Å². The number of hydrogen-bond acceptors (Lipinski definition) is 5. The maximum absolute atomic E-state index is 12.1. The number of ketones is 1. The summed E-state index contributed by atoms with van der Waals surface area (Å²) < 4.78 is 5.14. The highest BCUT2D eigenvalue weighted by Gasteiger charge is 2.15. The van der Waals surface area contributed by atoms with Crippen molar-refractivity contribution in [3.8, 4) is 0 Å². The molecule has 0 aliphatic rings. The van der Waals surface area contributed by atoms with Crippen LogP contribution in [0.5, 0.6) is 0 Å². The monoisotopic (exact) mass is 345 g/mol. The minimum absolute atomic E-state index is 0.126. The fourth-order valence-electron chi connectivity index (χ4n) is 2.09. The number of Topliss-reactive ketones (excluding diaryl/α,β-unsaturated/α-hetero) is 1. The molecule has 0 radical (unpaired) electrons. The largest absolute Gasteiger partial charge is 0.454 e. The molecule has 1 heterocycles. The molecule has 0 atom stereocenters. The van der Waals surface area contributed by atoms with Gasteiger partial charge in [-0.05, 0) is 43.2 Å². The van der Waals surface area contributed by atoms with Gasteiger partial charge in [0.15, 0.2) is 6.61 Å². The summed E-state index contributed by atoms with van der Waals surface area (Å²) in [7, 11) is 0. The van der Waals surface area contributed by atoms with Gasteiger partial charge in [-0.1, -0.05) is 12.1 Å².